The quantitative estimate of drug-likeness (QED) is 0.745. The second-order valence-corrected chi connectivity index (χ2v) is 10.2. The van der Waals surface area contributed by atoms with Gasteiger partial charge in [-0.25, -0.2) is 4.98 Å². The molecule has 2 aromatic rings. The van der Waals surface area contributed by atoms with Crippen LogP contribution in [0.1, 0.15) is 86.5 Å². The average molecular weight is 449 g/mol. The van der Waals surface area contributed by atoms with Crippen molar-refractivity contribution >= 4 is 5.91 Å². The van der Waals surface area contributed by atoms with Crippen molar-refractivity contribution in [2.24, 2.45) is 5.92 Å². The molecule has 0 spiro atoms. The molecule has 1 N–H and O–H groups in total. The fourth-order valence-electron chi connectivity index (χ4n) is 6.01. The lowest BCUT2D eigenvalue weighted by Crippen LogP contribution is -2.40. The third-order valence-corrected chi connectivity index (χ3v) is 7.93. The minimum Gasteiger partial charge on any atom is -0.332 e. The summed E-state index contributed by atoms with van der Waals surface area (Å²) < 4.78 is 0. The van der Waals surface area contributed by atoms with Gasteiger partial charge in [0.1, 0.15) is 5.82 Å². The lowest BCUT2D eigenvalue weighted by molar-refractivity contribution is -0.133. The van der Waals surface area contributed by atoms with E-state index in [0.29, 0.717) is 5.82 Å². The number of H-pyrrole nitrogens is 1. The van der Waals surface area contributed by atoms with Crippen LogP contribution in [0.2, 0.25) is 0 Å². The van der Waals surface area contributed by atoms with Crippen LogP contribution >= 0.6 is 0 Å². The highest BCUT2D eigenvalue weighted by atomic mass is 16.2. The first-order valence-electron chi connectivity index (χ1n) is 12.8. The summed E-state index contributed by atoms with van der Waals surface area (Å²) in [5.74, 6) is 1.36. The lowest BCUT2D eigenvalue weighted by atomic mass is 9.88. The highest BCUT2D eigenvalue weighted by Gasteiger charge is 2.35. The van der Waals surface area contributed by atoms with Gasteiger partial charge < -0.3 is 9.88 Å². The van der Waals surface area contributed by atoms with Gasteiger partial charge in [0, 0.05) is 31.7 Å². The number of carbonyl (C=O) groups excluding carboxylic acids is 1. The van der Waals surface area contributed by atoms with E-state index in [1.54, 1.807) is 0 Å². The number of fused-ring (bicyclic) bond motifs is 1. The van der Waals surface area contributed by atoms with Crippen LogP contribution in [0.25, 0.3) is 0 Å². The molecule has 6 nitrogen and oxygen atoms in total. The van der Waals surface area contributed by atoms with Crippen molar-refractivity contribution in [3.8, 4) is 0 Å². The molecule has 1 aromatic carbocycles. The largest absolute Gasteiger partial charge is 0.332 e. The van der Waals surface area contributed by atoms with E-state index in [2.05, 4.69) is 9.88 Å². The number of benzene rings is 1. The van der Waals surface area contributed by atoms with Crippen LogP contribution in [0.15, 0.2) is 35.1 Å². The smallest absolute Gasteiger partial charge is 0.254 e. The molecule has 5 rings (SSSR count). The molecule has 2 aliphatic heterocycles. The monoisotopic (exact) mass is 448 g/mol. The lowest BCUT2D eigenvalue weighted by Gasteiger charge is -2.33. The third-order valence-electron chi connectivity index (χ3n) is 7.93. The van der Waals surface area contributed by atoms with Crippen LogP contribution in [-0.4, -0.2) is 45.3 Å². The molecule has 2 fully saturated rings. The number of aromatic amines is 1. The minimum atomic E-state index is -0.206. The predicted octanol–water partition coefficient (Wildman–Crippen LogP) is 4.18. The zero-order chi connectivity index (χ0) is 22.8. The number of hydrogen-bond donors (Lipinski definition) is 1. The maximum atomic E-state index is 13.4. The number of nitrogens with one attached hydrogen (secondary N) is 1. The number of rotatable bonds is 5. The molecular formula is C27H36N4O2. The summed E-state index contributed by atoms with van der Waals surface area (Å²) in [5, 5.41) is 0. The van der Waals surface area contributed by atoms with Crippen LogP contribution in [0.5, 0.6) is 0 Å². The zero-order valence-electron chi connectivity index (χ0n) is 19.8. The Labute approximate surface area is 196 Å². The standard InChI is InChI=1S/C27H36N4O2/c1-19(21-11-6-3-7-12-21)27(33)31-15-8-13-24(31)25-28-23-18-30(16-14-22(23)26(32)29-25)17-20-9-4-2-5-10-20/h3,6-7,11-12,19-20,24H,2,4-5,8-10,13-18H2,1H3,(H,28,29,32)/t19-,24-/m1/s1. The van der Waals surface area contributed by atoms with E-state index >= 15 is 0 Å². The molecule has 1 saturated carbocycles. The fraction of sp³-hybridized carbons (Fsp3) is 0.593. The van der Waals surface area contributed by atoms with Gasteiger partial charge in [0.2, 0.25) is 5.91 Å². The number of nitrogens with zero attached hydrogens (tertiary/aromatic N) is 3. The molecule has 2 atom stereocenters. The maximum Gasteiger partial charge on any atom is 0.254 e. The molecule has 33 heavy (non-hydrogen) atoms. The first-order valence-corrected chi connectivity index (χ1v) is 12.8. The van der Waals surface area contributed by atoms with Gasteiger partial charge in [-0.3, -0.25) is 14.5 Å². The highest BCUT2D eigenvalue weighted by Crippen LogP contribution is 2.33. The van der Waals surface area contributed by atoms with Crippen molar-refractivity contribution in [3.05, 3.63) is 63.3 Å². The van der Waals surface area contributed by atoms with Crippen LogP contribution < -0.4 is 5.56 Å². The predicted molar refractivity (Wildman–Crippen MR) is 129 cm³/mol. The summed E-state index contributed by atoms with van der Waals surface area (Å²) in [6.45, 7) is 5.50. The summed E-state index contributed by atoms with van der Waals surface area (Å²) in [7, 11) is 0. The Balaban J connectivity index is 1.34. The molecule has 3 aliphatic rings. The van der Waals surface area contributed by atoms with Gasteiger partial charge in [0.15, 0.2) is 0 Å². The number of carbonyl (C=O) groups is 1. The molecule has 1 amide bonds. The van der Waals surface area contributed by atoms with Crippen LogP contribution in [-0.2, 0) is 17.8 Å². The normalized spacial score (nSPS) is 22.8. The molecule has 1 aromatic heterocycles. The van der Waals surface area contributed by atoms with Crippen molar-refractivity contribution in [1.82, 2.24) is 19.8 Å². The summed E-state index contributed by atoms with van der Waals surface area (Å²) >= 11 is 0. The molecule has 176 valence electrons. The van der Waals surface area contributed by atoms with E-state index < -0.39 is 0 Å². The third kappa shape index (κ3) is 4.77. The zero-order valence-corrected chi connectivity index (χ0v) is 19.8. The van der Waals surface area contributed by atoms with Crippen molar-refractivity contribution in [1.29, 1.82) is 0 Å². The van der Waals surface area contributed by atoms with Crippen molar-refractivity contribution in [2.45, 2.75) is 76.8 Å². The summed E-state index contributed by atoms with van der Waals surface area (Å²) in [6.07, 6.45) is 9.29. The van der Waals surface area contributed by atoms with Crippen molar-refractivity contribution in [2.75, 3.05) is 19.6 Å². The van der Waals surface area contributed by atoms with Crippen LogP contribution in [0.3, 0.4) is 0 Å². The molecule has 6 heteroatoms. The highest BCUT2D eigenvalue weighted by molar-refractivity contribution is 5.84. The Morgan fingerprint density at radius 3 is 2.67 bits per heavy atom. The van der Waals surface area contributed by atoms with E-state index in [-0.39, 0.29) is 23.4 Å². The van der Waals surface area contributed by atoms with Gasteiger partial charge >= 0.3 is 0 Å². The Kier molecular flexibility index (Phi) is 6.63. The molecule has 1 saturated heterocycles. The van der Waals surface area contributed by atoms with E-state index in [9.17, 15) is 9.59 Å². The summed E-state index contributed by atoms with van der Waals surface area (Å²) in [6, 6.07) is 9.79. The number of amides is 1. The number of likely N-dealkylation sites (tertiary alicyclic amines) is 1. The molecule has 0 bridgehead atoms. The van der Waals surface area contributed by atoms with Crippen LogP contribution in [0.4, 0.5) is 0 Å². The molecule has 1 aliphatic carbocycles. The Morgan fingerprint density at radius 2 is 1.88 bits per heavy atom. The van der Waals surface area contributed by atoms with E-state index in [1.165, 1.54) is 32.1 Å². The van der Waals surface area contributed by atoms with Gasteiger partial charge in [-0.2, -0.15) is 0 Å². The van der Waals surface area contributed by atoms with Crippen LogP contribution in [0, 0.1) is 5.92 Å². The van der Waals surface area contributed by atoms with Gasteiger partial charge in [0.05, 0.1) is 17.7 Å². The SMILES string of the molecule is C[C@@H](C(=O)N1CCC[C@@H]1c1nc2c(c(=O)[nH]1)CCN(CC1CCCCC1)C2)c1ccccc1. The average Bonchev–Trinajstić information content (AvgIpc) is 3.34. The Hall–Kier alpha value is -2.47. The second kappa shape index (κ2) is 9.80. The van der Waals surface area contributed by atoms with Gasteiger partial charge in [-0.15, -0.1) is 0 Å². The van der Waals surface area contributed by atoms with Gasteiger partial charge in [-0.05, 0) is 50.5 Å². The van der Waals surface area contributed by atoms with E-state index in [1.807, 2.05) is 42.2 Å². The van der Waals surface area contributed by atoms with E-state index in [4.69, 9.17) is 4.98 Å². The first-order chi connectivity index (χ1) is 16.1. The molecule has 0 radical (unpaired) electrons. The Bertz CT molecular complexity index is 1030. The summed E-state index contributed by atoms with van der Waals surface area (Å²) in [4.78, 5) is 38.8. The molecular weight excluding hydrogens is 412 g/mol. The number of aromatic nitrogens is 2. The molecule has 0 unspecified atom stereocenters. The minimum absolute atomic E-state index is 0.0114. The Morgan fingerprint density at radius 1 is 1.09 bits per heavy atom. The summed E-state index contributed by atoms with van der Waals surface area (Å²) in [5.41, 5.74) is 2.78. The van der Waals surface area contributed by atoms with Crippen molar-refractivity contribution < 1.29 is 4.79 Å². The topological polar surface area (TPSA) is 69.3 Å². The van der Waals surface area contributed by atoms with Gasteiger partial charge in [0.25, 0.3) is 5.56 Å². The first kappa shape index (κ1) is 22.3. The second-order valence-electron chi connectivity index (χ2n) is 10.2. The van der Waals surface area contributed by atoms with Crippen molar-refractivity contribution in [3.63, 3.8) is 0 Å². The maximum absolute atomic E-state index is 13.4. The fourth-order valence-corrected chi connectivity index (χ4v) is 6.01. The van der Waals surface area contributed by atoms with Gasteiger partial charge in [-0.1, -0.05) is 49.6 Å². The molecule has 3 heterocycles. The number of hydrogen-bond acceptors (Lipinski definition) is 4. The van der Waals surface area contributed by atoms with E-state index in [0.717, 1.165) is 68.2 Å².